The smallest absolute Gasteiger partial charge is 0.244 e. The first-order valence-electron chi connectivity index (χ1n) is 6.78. The zero-order valence-corrected chi connectivity index (χ0v) is 13.6. The van der Waals surface area contributed by atoms with Crippen LogP contribution < -0.4 is 10.6 Å². The lowest BCUT2D eigenvalue weighted by atomic mass is 10.0. The minimum absolute atomic E-state index is 0.00141. The summed E-state index contributed by atoms with van der Waals surface area (Å²) in [4.78, 5) is 16.6. The molecule has 1 fully saturated rings. The molecular formula is C15H17N3OS2. The van der Waals surface area contributed by atoms with E-state index in [1.54, 1.807) is 11.8 Å². The Bertz CT molecular complexity index is 663. The molecule has 21 heavy (non-hydrogen) atoms. The molecular weight excluding hydrogens is 302 g/mol. The topological polar surface area (TPSA) is 54.0 Å². The molecule has 1 atom stereocenters. The average Bonchev–Trinajstić information content (AvgIpc) is 3.09. The van der Waals surface area contributed by atoms with Crippen molar-refractivity contribution in [2.24, 2.45) is 0 Å². The van der Waals surface area contributed by atoms with Crippen LogP contribution in [0.5, 0.6) is 0 Å². The molecule has 0 aliphatic carbocycles. The van der Waals surface area contributed by atoms with Gasteiger partial charge in [-0.3, -0.25) is 10.1 Å². The maximum absolute atomic E-state index is 12.1. The fraction of sp³-hybridized carbons (Fsp3) is 0.333. The summed E-state index contributed by atoms with van der Waals surface area (Å²) in [6.45, 7) is 4.16. The van der Waals surface area contributed by atoms with Crippen molar-refractivity contribution in [3.63, 3.8) is 0 Å². The van der Waals surface area contributed by atoms with E-state index in [1.807, 2.05) is 5.38 Å². The minimum Gasteiger partial charge on any atom is -0.301 e. The third-order valence-corrected chi connectivity index (χ3v) is 5.12. The Morgan fingerprint density at radius 1 is 1.43 bits per heavy atom. The van der Waals surface area contributed by atoms with Crippen molar-refractivity contribution in [1.82, 2.24) is 10.3 Å². The molecule has 0 spiro atoms. The third-order valence-electron chi connectivity index (χ3n) is 3.42. The van der Waals surface area contributed by atoms with Gasteiger partial charge in [-0.25, -0.2) is 4.98 Å². The average molecular weight is 319 g/mol. The summed E-state index contributed by atoms with van der Waals surface area (Å²) >= 11 is 3.20. The van der Waals surface area contributed by atoms with Gasteiger partial charge in [-0.2, -0.15) is 0 Å². The van der Waals surface area contributed by atoms with Crippen molar-refractivity contribution >= 4 is 34.1 Å². The highest BCUT2D eigenvalue weighted by Crippen LogP contribution is 2.28. The van der Waals surface area contributed by atoms with E-state index in [4.69, 9.17) is 0 Å². The van der Waals surface area contributed by atoms with Crippen LogP contribution >= 0.6 is 23.1 Å². The molecule has 6 heteroatoms. The molecule has 2 aromatic rings. The summed E-state index contributed by atoms with van der Waals surface area (Å²) in [5.74, 6) is 1.66. The number of carbonyl (C=O) groups excluding carboxylic acids is 1. The van der Waals surface area contributed by atoms with Gasteiger partial charge in [0.15, 0.2) is 5.13 Å². The number of nitrogens with zero attached hydrogens (tertiary/aromatic N) is 1. The molecule has 1 aliphatic heterocycles. The van der Waals surface area contributed by atoms with Crippen molar-refractivity contribution in [2.45, 2.75) is 19.9 Å². The molecule has 0 bridgehead atoms. The van der Waals surface area contributed by atoms with Crippen LogP contribution in [0.4, 0.5) is 5.13 Å². The second-order valence-electron chi connectivity index (χ2n) is 5.12. The number of rotatable bonds is 3. The lowest BCUT2D eigenvalue weighted by Gasteiger charge is -2.07. The van der Waals surface area contributed by atoms with Gasteiger partial charge in [0.1, 0.15) is 0 Å². The molecule has 1 unspecified atom stereocenters. The molecule has 0 radical (unpaired) electrons. The third kappa shape index (κ3) is 3.28. The summed E-state index contributed by atoms with van der Waals surface area (Å²) < 4.78 is 0. The van der Waals surface area contributed by atoms with Crippen LogP contribution in [0, 0.1) is 13.8 Å². The Morgan fingerprint density at radius 2 is 2.29 bits per heavy atom. The van der Waals surface area contributed by atoms with Gasteiger partial charge >= 0.3 is 0 Å². The minimum atomic E-state index is -0.108. The SMILES string of the molecule is Cc1ccc(-c2csc(NC(=O)C3CSCN3)n2)c(C)c1. The first-order valence-corrected chi connectivity index (χ1v) is 8.82. The fourth-order valence-electron chi connectivity index (χ4n) is 2.31. The largest absolute Gasteiger partial charge is 0.301 e. The van der Waals surface area contributed by atoms with Gasteiger partial charge in [-0.05, 0) is 19.4 Å². The van der Waals surface area contributed by atoms with E-state index < -0.39 is 0 Å². The predicted octanol–water partition coefficient (Wildman–Crippen LogP) is 3.03. The van der Waals surface area contributed by atoms with Gasteiger partial charge in [-0.15, -0.1) is 23.1 Å². The number of aryl methyl sites for hydroxylation is 2. The number of benzene rings is 1. The monoisotopic (exact) mass is 319 g/mol. The molecule has 1 aliphatic rings. The summed E-state index contributed by atoms with van der Waals surface area (Å²) in [6, 6.07) is 6.20. The molecule has 1 amide bonds. The number of anilines is 1. The van der Waals surface area contributed by atoms with Gasteiger partial charge in [0.2, 0.25) is 5.91 Å². The lowest BCUT2D eigenvalue weighted by Crippen LogP contribution is -2.37. The van der Waals surface area contributed by atoms with Crippen LogP contribution in [0.3, 0.4) is 0 Å². The molecule has 0 saturated carbocycles. The Morgan fingerprint density at radius 3 is 3.00 bits per heavy atom. The Labute approximate surface area is 132 Å². The number of thiazole rings is 1. The first-order chi connectivity index (χ1) is 10.1. The predicted molar refractivity (Wildman–Crippen MR) is 89.9 cm³/mol. The van der Waals surface area contributed by atoms with E-state index in [2.05, 4.69) is 47.7 Å². The van der Waals surface area contributed by atoms with Crippen molar-refractivity contribution < 1.29 is 4.79 Å². The van der Waals surface area contributed by atoms with Gasteiger partial charge in [0, 0.05) is 22.6 Å². The van der Waals surface area contributed by atoms with Crippen molar-refractivity contribution in [3.8, 4) is 11.3 Å². The van der Waals surface area contributed by atoms with Crippen LogP contribution in [0.2, 0.25) is 0 Å². The lowest BCUT2D eigenvalue weighted by molar-refractivity contribution is -0.117. The summed E-state index contributed by atoms with van der Waals surface area (Å²) in [5, 5.41) is 8.71. The summed E-state index contributed by atoms with van der Waals surface area (Å²) in [7, 11) is 0. The van der Waals surface area contributed by atoms with Crippen LogP contribution in [0.15, 0.2) is 23.6 Å². The highest BCUT2D eigenvalue weighted by molar-refractivity contribution is 7.99. The maximum Gasteiger partial charge on any atom is 0.244 e. The zero-order chi connectivity index (χ0) is 14.8. The second kappa shape index (κ2) is 6.17. The van der Waals surface area contributed by atoms with E-state index in [1.165, 1.54) is 22.5 Å². The molecule has 2 N–H and O–H groups in total. The summed E-state index contributed by atoms with van der Waals surface area (Å²) in [6.07, 6.45) is 0. The molecule has 2 heterocycles. The number of thioether (sulfide) groups is 1. The second-order valence-corrected chi connectivity index (χ2v) is 7.01. The number of hydrogen-bond acceptors (Lipinski definition) is 5. The quantitative estimate of drug-likeness (QED) is 0.913. The fourth-order valence-corrected chi connectivity index (χ4v) is 3.97. The standard InChI is InChI=1S/C15H17N3OS2/c1-9-3-4-11(10(2)5-9)12-7-21-15(17-12)18-14(19)13-6-20-8-16-13/h3-5,7,13,16H,6,8H2,1-2H3,(H,17,18,19). The number of carbonyl (C=O) groups is 1. The Hall–Kier alpha value is -1.37. The van der Waals surface area contributed by atoms with E-state index in [0.717, 1.165) is 22.9 Å². The van der Waals surface area contributed by atoms with E-state index in [9.17, 15) is 4.79 Å². The van der Waals surface area contributed by atoms with Crippen LogP contribution in [0.25, 0.3) is 11.3 Å². The number of hydrogen-bond donors (Lipinski definition) is 2. The van der Waals surface area contributed by atoms with Gasteiger partial charge in [-0.1, -0.05) is 23.8 Å². The molecule has 1 aromatic carbocycles. The molecule has 110 valence electrons. The Kier molecular flexibility index (Phi) is 4.28. The van der Waals surface area contributed by atoms with Gasteiger partial charge in [0.05, 0.1) is 11.7 Å². The van der Waals surface area contributed by atoms with Crippen LogP contribution in [-0.4, -0.2) is 28.6 Å². The number of amides is 1. The van der Waals surface area contributed by atoms with Crippen LogP contribution in [-0.2, 0) is 4.79 Å². The molecule has 1 aromatic heterocycles. The molecule has 1 saturated heterocycles. The summed E-state index contributed by atoms with van der Waals surface area (Å²) in [5.41, 5.74) is 4.48. The Balaban J connectivity index is 1.75. The highest BCUT2D eigenvalue weighted by Gasteiger charge is 2.23. The zero-order valence-electron chi connectivity index (χ0n) is 12.0. The van der Waals surface area contributed by atoms with Gasteiger partial charge in [0.25, 0.3) is 0 Å². The van der Waals surface area contributed by atoms with E-state index in [0.29, 0.717) is 5.13 Å². The van der Waals surface area contributed by atoms with Gasteiger partial charge < -0.3 is 5.32 Å². The first kappa shape index (κ1) is 14.6. The normalized spacial score (nSPS) is 17.9. The van der Waals surface area contributed by atoms with Crippen molar-refractivity contribution in [1.29, 1.82) is 0 Å². The maximum atomic E-state index is 12.1. The molecule has 3 rings (SSSR count). The van der Waals surface area contributed by atoms with E-state index >= 15 is 0 Å². The van der Waals surface area contributed by atoms with Crippen molar-refractivity contribution in [2.75, 3.05) is 16.9 Å². The number of nitrogens with one attached hydrogen (secondary N) is 2. The highest BCUT2D eigenvalue weighted by atomic mass is 32.2. The number of aromatic nitrogens is 1. The molecule has 4 nitrogen and oxygen atoms in total. The van der Waals surface area contributed by atoms with Crippen molar-refractivity contribution in [3.05, 3.63) is 34.7 Å². The van der Waals surface area contributed by atoms with Crippen LogP contribution in [0.1, 0.15) is 11.1 Å². The van der Waals surface area contributed by atoms with E-state index in [-0.39, 0.29) is 11.9 Å².